The van der Waals surface area contributed by atoms with Gasteiger partial charge in [-0.1, -0.05) is 13.3 Å². The lowest BCUT2D eigenvalue weighted by Crippen LogP contribution is -2.33. The van der Waals surface area contributed by atoms with Gasteiger partial charge in [-0.15, -0.1) is 0 Å². The van der Waals surface area contributed by atoms with Crippen LogP contribution in [-0.4, -0.2) is 23.0 Å². The maximum absolute atomic E-state index is 6.05. The molecule has 1 atom stereocenters. The van der Waals surface area contributed by atoms with Crippen LogP contribution in [0.25, 0.3) is 0 Å². The fraction of sp³-hybridized carbons (Fsp3) is 0.909. The number of nitrogens with zero attached hydrogens (tertiary/aromatic N) is 1. The van der Waals surface area contributed by atoms with Crippen LogP contribution in [0, 0.1) is 0 Å². The first kappa shape index (κ1) is 10.6. The van der Waals surface area contributed by atoms with E-state index in [4.69, 9.17) is 5.73 Å². The Hall–Kier alpha value is -0.530. The van der Waals surface area contributed by atoms with Crippen LogP contribution >= 0.6 is 0 Å². The monoisotopic (exact) mass is 183 g/mol. The molecule has 0 amide bonds. The average molecular weight is 183 g/mol. The van der Waals surface area contributed by atoms with Crippen molar-refractivity contribution in [2.75, 3.05) is 6.54 Å². The number of rotatable bonds is 3. The predicted octanol–water partition coefficient (Wildman–Crippen LogP) is 2.12. The van der Waals surface area contributed by atoms with E-state index in [-0.39, 0.29) is 0 Å². The van der Waals surface area contributed by atoms with Crippen LogP contribution in [0.3, 0.4) is 0 Å². The van der Waals surface area contributed by atoms with Crippen LogP contribution in [0.1, 0.15) is 52.4 Å². The quantitative estimate of drug-likeness (QED) is 0.667. The average Bonchev–Trinajstić information content (AvgIpc) is 2.26. The summed E-state index contributed by atoms with van der Waals surface area (Å²) in [5.41, 5.74) is 6.05. The maximum atomic E-state index is 6.05. The van der Waals surface area contributed by atoms with E-state index in [1.807, 2.05) is 0 Å². The van der Waals surface area contributed by atoms with E-state index in [2.05, 4.69) is 18.4 Å². The standard InChI is InChI=1S/C11H22N2/c1-3-4-9-13-10(2)7-5-6-8-11(13)12/h10,12H,3-9H2,1-2H3/p+1. The zero-order valence-corrected chi connectivity index (χ0v) is 9.05. The van der Waals surface area contributed by atoms with Gasteiger partial charge >= 0.3 is 0 Å². The molecule has 0 radical (unpaired) electrons. The van der Waals surface area contributed by atoms with Gasteiger partial charge in [-0.2, -0.15) is 0 Å². The second-order valence-electron chi connectivity index (χ2n) is 4.13. The summed E-state index contributed by atoms with van der Waals surface area (Å²) in [5, 5.41) is 0. The molecule has 0 aromatic rings. The van der Waals surface area contributed by atoms with Gasteiger partial charge in [-0.3, -0.25) is 10.3 Å². The second-order valence-corrected chi connectivity index (χ2v) is 4.13. The largest absolute Gasteiger partial charge is 0.291 e. The first-order valence-corrected chi connectivity index (χ1v) is 5.63. The van der Waals surface area contributed by atoms with Crippen molar-refractivity contribution in [1.82, 2.24) is 0 Å². The molecule has 2 nitrogen and oxygen atoms in total. The second kappa shape index (κ2) is 5.25. The molecule has 1 aliphatic rings. The molecule has 0 saturated carbocycles. The maximum Gasteiger partial charge on any atom is 0.242 e. The van der Waals surface area contributed by atoms with Crippen LogP contribution in [0.4, 0.5) is 0 Å². The molecule has 76 valence electrons. The molecule has 1 unspecified atom stereocenters. The lowest BCUT2D eigenvalue weighted by atomic mass is 10.1. The molecule has 1 aliphatic heterocycles. The first-order chi connectivity index (χ1) is 6.25. The zero-order valence-electron chi connectivity index (χ0n) is 9.05. The minimum atomic E-state index is 0.661. The van der Waals surface area contributed by atoms with E-state index in [0.717, 1.165) is 18.8 Å². The van der Waals surface area contributed by atoms with Gasteiger partial charge in [-0.25, -0.2) is 0 Å². The summed E-state index contributed by atoms with van der Waals surface area (Å²) in [6.45, 7) is 5.69. The summed E-state index contributed by atoms with van der Waals surface area (Å²) in [7, 11) is 0. The third-order valence-corrected chi connectivity index (χ3v) is 2.96. The molecule has 1 heterocycles. The normalized spacial score (nSPS) is 24.6. The summed E-state index contributed by atoms with van der Waals surface area (Å²) in [6.07, 6.45) is 7.56. The summed E-state index contributed by atoms with van der Waals surface area (Å²) < 4.78 is 2.41. The van der Waals surface area contributed by atoms with Gasteiger partial charge in [0.15, 0.2) is 0 Å². The van der Waals surface area contributed by atoms with Crippen molar-refractivity contribution in [2.45, 2.75) is 58.4 Å². The van der Waals surface area contributed by atoms with E-state index in [0.29, 0.717) is 6.04 Å². The molecule has 13 heavy (non-hydrogen) atoms. The fourth-order valence-electron chi connectivity index (χ4n) is 2.02. The lowest BCUT2D eigenvalue weighted by Gasteiger charge is -2.14. The molecule has 0 aromatic heterocycles. The predicted molar refractivity (Wildman–Crippen MR) is 57.2 cm³/mol. The van der Waals surface area contributed by atoms with Crippen molar-refractivity contribution in [3.05, 3.63) is 0 Å². The number of amidine groups is 1. The highest BCUT2D eigenvalue weighted by molar-refractivity contribution is 5.75. The van der Waals surface area contributed by atoms with E-state index < -0.39 is 0 Å². The summed E-state index contributed by atoms with van der Waals surface area (Å²) >= 11 is 0. The highest BCUT2D eigenvalue weighted by Gasteiger charge is 2.18. The number of hydrogen-bond donors (Lipinski definition) is 1. The number of unbranched alkanes of at least 4 members (excludes halogenated alkanes) is 1. The SMILES string of the molecule is CCCC[N+]1=C(N)CCCCC1C. The van der Waals surface area contributed by atoms with Crippen LogP contribution in [-0.2, 0) is 0 Å². The van der Waals surface area contributed by atoms with Crippen molar-refractivity contribution in [3.8, 4) is 0 Å². The topological polar surface area (TPSA) is 29.0 Å². The van der Waals surface area contributed by atoms with E-state index >= 15 is 0 Å². The molecule has 0 aromatic carbocycles. The molecule has 0 bridgehead atoms. The van der Waals surface area contributed by atoms with E-state index in [9.17, 15) is 0 Å². The van der Waals surface area contributed by atoms with Gasteiger partial charge in [-0.05, 0) is 32.6 Å². The Morgan fingerprint density at radius 1 is 1.46 bits per heavy atom. The van der Waals surface area contributed by atoms with Gasteiger partial charge in [0.05, 0.1) is 12.6 Å². The van der Waals surface area contributed by atoms with Gasteiger partial charge in [0.2, 0.25) is 5.84 Å². The zero-order chi connectivity index (χ0) is 9.68. The van der Waals surface area contributed by atoms with E-state index in [1.165, 1.54) is 32.1 Å². The van der Waals surface area contributed by atoms with Gasteiger partial charge in [0.1, 0.15) is 0 Å². The molecule has 0 fully saturated rings. The highest BCUT2D eigenvalue weighted by atomic mass is 15.1. The molecule has 2 heteroatoms. The Morgan fingerprint density at radius 2 is 2.23 bits per heavy atom. The molecular formula is C11H23N2+. The lowest BCUT2D eigenvalue weighted by molar-refractivity contribution is -0.564. The van der Waals surface area contributed by atoms with Crippen LogP contribution in [0.2, 0.25) is 0 Å². The molecule has 2 N–H and O–H groups in total. The minimum Gasteiger partial charge on any atom is -0.291 e. The van der Waals surface area contributed by atoms with Gasteiger partial charge in [0.25, 0.3) is 0 Å². The third kappa shape index (κ3) is 3.02. The summed E-state index contributed by atoms with van der Waals surface area (Å²) in [5.74, 6) is 1.12. The Bertz CT molecular complexity index is 185. The minimum absolute atomic E-state index is 0.661. The van der Waals surface area contributed by atoms with Crippen LogP contribution in [0.5, 0.6) is 0 Å². The third-order valence-electron chi connectivity index (χ3n) is 2.96. The van der Waals surface area contributed by atoms with Crippen molar-refractivity contribution < 1.29 is 4.58 Å². The van der Waals surface area contributed by atoms with Gasteiger partial charge in [0, 0.05) is 6.42 Å². The molecule has 0 aliphatic carbocycles. The molecule has 1 rings (SSSR count). The van der Waals surface area contributed by atoms with Crippen molar-refractivity contribution in [2.24, 2.45) is 5.73 Å². The van der Waals surface area contributed by atoms with E-state index in [1.54, 1.807) is 0 Å². The van der Waals surface area contributed by atoms with Crippen molar-refractivity contribution in [1.29, 1.82) is 0 Å². The first-order valence-electron chi connectivity index (χ1n) is 5.63. The summed E-state index contributed by atoms with van der Waals surface area (Å²) in [6, 6.07) is 0.661. The fourth-order valence-corrected chi connectivity index (χ4v) is 2.02. The van der Waals surface area contributed by atoms with Crippen LogP contribution < -0.4 is 5.73 Å². The molecular weight excluding hydrogens is 160 g/mol. The number of nitrogens with two attached hydrogens (primary N) is 1. The Kier molecular flexibility index (Phi) is 4.26. The Labute approximate surface area is 81.8 Å². The Morgan fingerprint density at radius 3 is 2.92 bits per heavy atom. The number of hydrogen-bond acceptors (Lipinski definition) is 1. The molecule has 0 spiro atoms. The van der Waals surface area contributed by atoms with Gasteiger partial charge < -0.3 is 0 Å². The van der Waals surface area contributed by atoms with Crippen molar-refractivity contribution in [3.63, 3.8) is 0 Å². The smallest absolute Gasteiger partial charge is 0.242 e. The Balaban J connectivity index is 2.60. The van der Waals surface area contributed by atoms with Crippen molar-refractivity contribution >= 4 is 5.84 Å². The van der Waals surface area contributed by atoms with Crippen LogP contribution in [0.15, 0.2) is 0 Å². The summed E-state index contributed by atoms with van der Waals surface area (Å²) in [4.78, 5) is 0. The molecule has 0 saturated heterocycles. The highest BCUT2D eigenvalue weighted by Crippen LogP contribution is 2.12.